The van der Waals surface area contributed by atoms with Crippen LogP contribution in [0.25, 0.3) is 0 Å². The fraction of sp³-hybridized carbons (Fsp3) is 0.562. The summed E-state index contributed by atoms with van der Waals surface area (Å²) in [6.45, 7) is 4.75. The maximum absolute atomic E-state index is 12.9. The van der Waals surface area contributed by atoms with E-state index in [1.54, 1.807) is 30.9 Å². The van der Waals surface area contributed by atoms with Gasteiger partial charge in [-0.1, -0.05) is 6.07 Å². The van der Waals surface area contributed by atoms with Gasteiger partial charge in [0.15, 0.2) is 0 Å². The fourth-order valence-electron chi connectivity index (χ4n) is 3.20. The molecule has 24 heavy (non-hydrogen) atoms. The summed E-state index contributed by atoms with van der Waals surface area (Å²) in [6, 6.07) is 3.52. The van der Waals surface area contributed by atoms with Gasteiger partial charge in [-0.05, 0) is 38.1 Å². The highest BCUT2D eigenvalue weighted by Gasteiger charge is 2.46. The van der Waals surface area contributed by atoms with Crippen LogP contribution in [0, 0.1) is 0 Å². The Kier molecular flexibility index (Phi) is 4.25. The van der Waals surface area contributed by atoms with Gasteiger partial charge in [0.2, 0.25) is 5.91 Å². The molecule has 8 heteroatoms. The van der Waals surface area contributed by atoms with Gasteiger partial charge < -0.3 is 20.3 Å². The molecule has 0 radical (unpaired) electrons. The molecule has 1 aromatic heterocycles. The van der Waals surface area contributed by atoms with Crippen LogP contribution >= 0.6 is 11.3 Å². The van der Waals surface area contributed by atoms with E-state index in [0.717, 1.165) is 12.8 Å². The number of carbonyl (C=O) groups is 3. The number of amides is 3. The molecule has 2 aliphatic rings. The first-order valence-corrected chi connectivity index (χ1v) is 8.82. The third kappa shape index (κ3) is 3.24. The minimum absolute atomic E-state index is 0.172. The molecule has 0 bridgehead atoms. The molecular formula is C16H21N3O4S. The maximum atomic E-state index is 12.9. The molecule has 2 saturated heterocycles. The van der Waals surface area contributed by atoms with E-state index in [0.29, 0.717) is 24.5 Å². The summed E-state index contributed by atoms with van der Waals surface area (Å²) in [4.78, 5) is 38.8. The van der Waals surface area contributed by atoms with E-state index in [9.17, 15) is 14.4 Å². The third-order valence-corrected chi connectivity index (χ3v) is 5.27. The summed E-state index contributed by atoms with van der Waals surface area (Å²) in [6.07, 6.45) is 1.06. The van der Waals surface area contributed by atoms with Crippen molar-refractivity contribution < 1.29 is 19.1 Å². The predicted octanol–water partition coefficient (Wildman–Crippen LogP) is 1.36. The Labute approximate surface area is 144 Å². The van der Waals surface area contributed by atoms with Crippen molar-refractivity contribution in [2.75, 3.05) is 19.6 Å². The van der Waals surface area contributed by atoms with E-state index in [1.165, 1.54) is 11.3 Å². The maximum Gasteiger partial charge on any atom is 0.407 e. The SMILES string of the molecule is CC(C)(NC(=O)c1cccs1)C(=O)N1CCC[C@@]2(CNC(=O)O2)C1. The predicted molar refractivity (Wildman–Crippen MR) is 88.9 cm³/mol. The highest BCUT2D eigenvalue weighted by Crippen LogP contribution is 2.29. The Bertz CT molecular complexity index is 658. The monoisotopic (exact) mass is 351 g/mol. The molecule has 0 saturated carbocycles. The minimum Gasteiger partial charge on any atom is -0.439 e. The summed E-state index contributed by atoms with van der Waals surface area (Å²) in [7, 11) is 0. The van der Waals surface area contributed by atoms with Crippen molar-refractivity contribution in [1.29, 1.82) is 0 Å². The Morgan fingerprint density at radius 3 is 2.88 bits per heavy atom. The first kappa shape index (κ1) is 16.8. The molecule has 0 unspecified atom stereocenters. The summed E-state index contributed by atoms with van der Waals surface area (Å²) in [5.41, 5.74) is -1.67. The highest BCUT2D eigenvalue weighted by atomic mass is 32.1. The topological polar surface area (TPSA) is 87.7 Å². The number of nitrogens with zero attached hydrogens (tertiary/aromatic N) is 1. The first-order chi connectivity index (χ1) is 11.3. The van der Waals surface area contributed by atoms with Crippen molar-refractivity contribution in [3.63, 3.8) is 0 Å². The number of hydrogen-bond acceptors (Lipinski definition) is 5. The smallest absolute Gasteiger partial charge is 0.407 e. The van der Waals surface area contributed by atoms with Crippen molar-refractivity contribution in [3.05, 3.63) is 22.4 Å². The van der Waals surface area contributed by atoms with Gasteiger partial charge in [0, 0.05) is 6.54 Å². The normalized spacial score (nSPS) is 23.8. The molecular weight excluding hydrogens is 330 g/mol. The largest absolute Gasteiger partial charge is 0.439 e. The van der Waals surface area contributed by atoms with Crippen molar-refractivity contribution in [2.24, 2.45) is 0 Å². The van der Waals surface area contributed by atoms with Crippen LogP contribution in [0.1, 0.15) is 36.4 Å². The fourth-order valence-corrected chi connectivity index (χ4v) is 3.82. The van der Waals surface area contributed by atoms with Crippen LogP contribution in [0.5, 0.6) is 0 Å². The number of carbonyl (C=O) groups excluding carboxylic acids is 3. The van der Waals surface area contributed by atoms with Crippen molar-refractivity contribution >= 4 is 29.2 Å². The Morgan fingerprint density at radius 2 is 2.25 bits per heavy atom. The second-order valence-electron chi connectivity index (χ2n) is 6.81. The summed E-state index contributed by atoms with van der Waals surface area (Å²) in [5, 5.41) is 7.28. The van der Waals surface area contributed by atoms with Crippen LogP contribution < -0.4 is 10.6 Å². The average molecular weight is 351 g/mol. The van der Waals surface area contributed by atoms with Gasteiger partial charge in [0.1, 0.15) is 11.1 Å². The van der Waals surface area contributed by atoms with E-state index >= 15 is 0 Å². The lowest BCUT2D eigenvalue weighted by Gasteiger charge is -2.41. The lowest BCUT2D eigenvalue weighted by Crippen LogP contribution is -2.61. The molecule has 1 spiro atoms. The van der Waals surface area contributed by atoms with Crippen molar-refractivity contribution in [3.8, 4) is 0 Å². The van der Waals surface area contributed by atoms with Crippen LogP contribution in [0.4, 0.5) is 4.79 Å². The van der Waals surface area contributed by atoms with E-state index in [1.807, 2.05) is 5.38 Å². The van der Waals surface area contributed by atoms with E-state index in [-0.39, 0.29) is 11.8 Å². The lowest BCUT2D eigenvalue weighted by molar-refractivity contribution is -0.142. The number of nitrogens with one attached hydrogen (secondary N) is 2. The van der Waals surface area contributed by atoms with Crippen LogP contribution in [0.15, 0.2) is 17.5 Å². The number of hydrogen-bond donors (Lipinski definition) is 2. The van der Waals surface area contributed by atoms with Gasteiger partial charge in [-0.15, -0.1) is 11.3 Å². The highest BCUT2D eigenvalue weighted by molar-refractivity contribution is 7.12. The van der Waals surface area contributed by atoms with Crippen LogP contribution in [-0.2, 0) is 9.53 Å². The zero-order valence-corrected chi connectivity index (χ0v) is 14.6. The molecule has 0 aliphatic carbocycles. The minimum atomic E-state index is -1.03. The molecule has 3 heterocycles. The van der Waals surface area contributed by atoms with Crippen molar-refractivity contribution in [1.82, 2.24) is 15.5 Å². The number of piperidine rings is 1. The van der Waals surface area contributed by atoms with Crippen LogP contribution in [0.2, 0.25) is 0 Å². The molecule has 1 aromatic rings. The number of alkyl carbamates (subject to hydrolysis) is 1. The van der Waals surface area contributed by atoms with Crippen LogP contribution in [-0.4, -0.2) is 53.6 Å². The van der Waals surface area contributed by atoms with Gasteiger partial charge in [-0.3, -0.25) is 9.59 Å². The number of rotatable bonds is 3. The average Bonchev–Trinajstić information content (AvgIpc) is 3.17. The molecule has 130 valence electrons. The molecule has 3 rings (SSSR count). The number of ether oxygens (including phenoxy) is 1. The summed E-state index contributed by atoms with van der Waals surface area (Å²) >= 11 is 1.33. The van der Waals surface area contributed by atoms with E-state index in [2.05, 4.69) is 10.6 Å². The van der Waals surface area contributed by atoms with Gasteiger partial charge in [-0.25, -0.2) is 4.79 Å². The third-order valence-electron chi connectivity index (χ3n) is 4.40. The molecule has 3 amide bonds. The molecule has 1 atom stereocenters. The van der Waals surface area contributed by atoms with Crippen LogP contribution in [0.3, 0.4) is 0 Å². The molecule has 2 N–H and O–H groups in total. The van der Waals surface area contributed by atoms with E-state index < -0.39 is 17.2 Å². The second-order valence-corrected chi connectivity index (χ2v) is 7.76. The van der Waals surface area contributed by atoms with Gasteiger partial charge in [0.05, 0.1) is 18.0 Å². The summed E-state index contributed by atoms with van der Waals surface area (Å²) in [5.74, 6) is -0.432. The Balaban J connectivity index is 1.68. The quantitative estimate of drug-likeness (QED) is 0.861. The summed E-state index contributed by atoms with van der Waals surface area (Å²) < 4.78 is 5.39. The standard InChI is InChI=1S/C16H21N3O4S/c1-15(2,18-12(20)11-5-3-8-24-11)13(21)19-7-4-6-16(10-19)9-17-14(22)23-16/h3,5,8H,4,6-7,9-10H2,1-2H3,(H,17,22)(H,18,20)/t16-/m1/s1. The molecule has 2 fully saturated rings. The number of likely N-dealkylation sites (tertiary alicyclic amines) is 1. The van der Waals surface area contributed by atoms with Gasteiger partial charge in [-0.2, -0.15) is 0 Å². The van der Waals surface area contributed by atoms with Crippen molar-refractivity contribution in [2.45, 2.75) is 37.8 Å². The molecule has 7 nitrogen and oxygen atoms in total. The Morgan fingerprint density at radius 1 is 1.46 bits per heavy atom. The zero-order valence-electron chi connectivity index (χ0n) is 13.8. The molecule has 2 aliphatic heterocycles. The Hall–Kier alpha value is -2.09. The molecule has 0 aromatic carbocycles. The van der Waals surface area contributed by atoms with Gasteiger partial charge >= 0.3 is 6.09 Å². The first-order valence-electron chi connectivity index (χ1n) is 7.94. The van der Waals surface area contributed by atoms with Gasteiger partial charge in [0.25, 0.3) is 5.91 Å². The zero-order chi connectivity index (χ0) is 17.4. The number of thiophene rings is 1. The lowest BCUT2D eigenvalue weighted by atomic mass is 9.91. The van der Waals surface area contributed by atoms with E-state index in [4.69, 9.17) is 4.74 Å². The second kappa shape index (κ2) is 6.08.